The fourth-order valence-corrected chi connectivity index (χ4v) is 5.20. The van der Waals surface area contributed by atoms with Crippen molar-refractivity contribution in [2.24, 2.45) is 5.41 Å². The van der Waals surface area contributed by atoms with Crippen LogP contribution in [0.4, 0.5) is 19.0 Å². The fraction of sp³-hybridized carbons (Fsp3) is 0.556. The standard InChI is InChI=1S/C27H34F3N3O6/c1-16(35)26(2)15-33(25(37)21(36)14-34)13-20(26)18-5-6-22(38-3)23(8-18)39-19-11-32(12-19)24-7-4-17(10-31-24)9-27(28,29)30/h4-8,10,16,19-21,34-36H,9,11-15H2,1-3H3/t16-,20+,21?,26+/m1/s1. The molecular formula is C27H34F3N3O6. The number of hydrogen-bond donors (Lipinski definition) is 3. The van der Waals surface area contributed by atoms with E-state index in [4.69, 9.17) is 9.47 Å². The van der Waals surface area contributed by atoms with Gasteiger partial charge in [-0.3, -0.25) is 4.79 Å². The minimum Gasteiger partial charge on any atom is -0.493 e. The first-order valence-corrected chi connectivity index (χ1v) is 12.7. The Labute approximate surface area is 224 Å². The van der Waals surface area contributed by atoms with Crippen LogP contribution in [-0.2, 0) is 11.2 Å². The fourth-order valence-electron chi connectivity index (χ4n) is 5.20. The number of rotatable bonds is 9. The molecule has 0 bridgehead atoms. The molecule has 2 saturated heterocycles. The number of alkyl halides is 3. The third-order valence-electron chi connectivity index (χ3n) is 7.72. The zero-order chi connectivity index (χ0) is 28.5. The lowest BCUT2D eigenvalue weighted by molar-refractivity contribution is -0.141. The van der Waals surface area contributed by atoms with Gasteiger partial charge in [0.15, 0.2) is 17.6 Å². The van der Waals surface area contributed by atoms with Gasteiger partial charge in [-0.15, -0.1) is 0 Å². The van der Waals surface area contributed by atoms with Gasteiger partial charge in [0.05, 0.1) is 39.3 Å². The van der Waals surface area contributed by atoms with Crippen molar-refractivity contribution in [3.05, 3.63) is 47.7 Å². The van der Waals surface area contributed by atoms with Crippen molar-refractivity contribution >= 4 is 11.7 Å². The number of aliphatic hydroxyl groups excluding tert-OH is 3. The highest BCUT2D eigenvalue weighted by Crippen LogP contribution is 2.47. The number of methoxy groups -OCH3 is 1. The SMILES string of the molecule is COc1ccc([C@@H]2CN(C(=O)C(O)CO)C[C@@]2(C)[C@@H](C)O)cc1OC1CN(c2ccc(CC(F)(F)F)cn2)C1. The van der Waals surface area contributed by atoms with Gasteiger partial charge in [-0.25, -0.2) is 4.98 Å². The van der Waals surface area contributed by atoms with E-state index in [1.165, 1.54) is 24.3 Å². The third kappa shape index (κ3) is 6.23. The molecule has 2 aliphatic heterocycles. The second-order valence-electron chi connectivity index (χ2n) is 10.5. The van der Waals surface area contributed by atoms with Crippen molar-refractivity contribution < 1.29 is 42.8 Å². The third-order valence-corrected chi connectivity index (χ3v) is 7.72. The molecule has 4 atom stereocenters. The topological polar surface area (TPSA) is 116 Å². The quantitative estimate of drug-likeness (QED) is 0.433. The number of benzene rings is 1. The largest absolute Gasteiger partial charge is 0.493 e. The molecule has 39 heavy (non-hydrogen) atoms. The van der Waals surface area contributed by atoms with Gasteiger partial charge in [-0.1, -0.05) is 19.1 Å². The Hall–Kier alpha value is -3.09. The van der Waals surface area contributed by atoms with E-state index in [0.717, 1.165) is 5.56 Å². The summed E-state index contributed by atoms with van der Waals surface area (Å²) in [5, 5.41) is 29.7. The molecule has 3 N–H and O–H groups in total. The number of ether oxygens (including phenoxy) is 2. The maximum atomic E-state index is 12.6. The van der Waals surface area contributed by atoms with Crippen LogP contribution in [-0.4, -0.2) is 95.5 Å². The van der Waals surface area contributed by atoms with E-state index >= 15 is 0 Å². The van der Waals surface area contributed by atoms with E-state index in [9.17, 15) is 33.3 Å². The number of likely N-dealkylation sites (tertiary alicyclic amines) is 1. The molecule has 1 unspecified atom stereocenters. The normalized spacial score (nSPS) is 23.4. The highest BCUT2D eigenvalue weighted by molar-refractivity contribution is 5.81. The summed E-state index contributed by atoms with van der Waals surface area (Å²) in [6.45, 7) is 4.28. The van der Waals surface area contributed by atoms with Crippen molar-refractivity contribution in [1.29, 1.82) is 0 Å². The first-order chi connectivity index (χ1) is 18.3. The molecule has 4 rings (SSSR count). The van der Waals surface area contributed by atoms with Crippen molar-refractivity contribution in [3.63, 3.8) is 0 Å². The van der Waals surface area contributed by atoms with E-state index in [1.807, 2.05) is 24.0 Å². The van der Waals surface area contributed by atoms with Crippen LogP contribution in [0, 0.1) is 5.41 Å². The first-order valence-electron chi connectivity index (χ1n) is 12.7. The van der Waals surface area contributed by atoms with Crippen LogP contribution in [0.3, 0.4) is 0 Å². The molecule has 0 radical (unpaired) electrons. The van der Waals surface area contributed by atoms with Gasteiger partial charge in [-0.2, -0.15) is 13.2 Å². The average Bonchev–Trinajstić information content (AvgIpc) is 3.23. The minimum atomic E-state index is -4.29. The number of halogens is 3. The van der Waals surface area contributed by atoms with E-state index in [0.29, 0.717) is 30.4 Å². The minimum absolute atomic E-state index is 0.100. The van der Waals surface area contributed by atoms with Crippen molar-refractivity contribution in [3.8, 4) is 11.5 Å². The molecule has 0 aliphatic carbocycles. The molecule has 3 heterocycles. The van der Waals surface area contributed by atoms with Crippen molar-refractivity contribution in [2.45, 2.75) is 50.7 Å². The van der Waals surface area contributed by atoms with Crippen LogP contribution in [0.1, 0.15) is 30.9 Å². The van der Waals surface area contributed by atoms with Gasteiger partial charge in [0.25, 0.3) is 5.91 Å². The summed E-state index contributed by atoms with van der Waals surface area (Å²) in [6.07, 6.45) is -6.58. The summed E-state index contributed by atoms with van der Waals surface area (Å²) >= 11 is 0. The second-order valence-corrected chi connectivity index (χ2v) is 10.5. The lowest BCUT2D eigenvalue weighted by Crippen LogP contribution is -2.54. The zero-order valence-corrected chi connectivity index (χ0v) is 22.1. The van der Waals surface area contributed by atoms with Crippen LogP contribution >= 0.6 is 0 Å². The average molecular weight is 554 g/mol. The summed E-state index contributed by atoms with van der Waals surface area (Å²) in [5.74, 6) is 0.688. The summed E-state index contributed by atoms with van der Waals surface area (Å²) in [4.78, 5) is 20.1. The van der Waals surface area contributed by atoms with Gasteiger partial charge < -0.3 is 34.6 Å². The van der Waals surface area contributed by atoms with Crippen LogP contribution in [0.15, 0.2) is 36.5 Å². The molecule has 0 saturated carbocycles. The monoisotopic (exact) mass is 553 g/mol. The number of aromatic nitrogens is 1. The Kier molecular flexibility index (Phi) is 8.29. The molecule has 1 amide bonds. The lowest BCUT2D eigenvalue weighted by Gasteiger charge is -2.40. The predicted molar refractivity (Wildman–Crippen MR) is 136 cm³/mol. The molecule has 2 aliphatic rings. The Morgan fingerprint density at radius 2 is 1.90 bits per heavy atom. The summed E-state index contributed by atoms with van der Waals surface area (Å²) in [5.41, 5.74) is 0.206. The smallest absolute Gasteiger partial charge is 0.393 e. The van der Waals surface area contributed by atoms with Gasteiger partial charge in [0, 0.05) is 30.6 Å². The molecule has 2 aromatic rings. The van der Waals surface area contributed by atoms with Crippen LogP contribution in [0.2, 0.25) is 0 Å². The van der Waals surface area contributed by atoms with Gasteiger partial charge in [-0.05, 0) is 36.2 Å². The number of nitrogens with zero attached hydrogens (tertiary/aromatic N) is 3. The Bertz CT molecular complexity index is 1160. The highest BCUT2D eigenvalue weighted by Gasteiger charge is 2.49. The predicted octanol–water partition coefficient (Wildman–Crippen LogP) is 2.13. The zero-order valence-electron chi connectivity index (χ0n) is 22.1. The highest BCUT2D eigenvalue weighted by atomic mass is 19.4. The number of carbonyl (C=O) groups excluding carboxylic acids is 1. The molecular weight excluding hydrogens is 519 g/mol. The number of amides is 1. The maximum Gasteiger partial charge on any atom is 0.393 e. The summed E-state index contributed by atoms with van der Waals surface area (Å²) < 4.78 is 49.5. The van der Waals surface area contributed by atoms with Crippen LogP contribution in [0.5, 0.6) is 11.5 Å². The summed E-state index contributed by atoms with van der Waals surface area (Å²) in [6, 6.07) is 8.43. The Balaban J connectivity index is 1.46. The number of pyridine rings is 1. The molecule has 0 spiro atoms. The molecule has 9 nitrogen and oxygen atoms in total. The molecule has 2 fully saturated rings. The van der Waals surface area contributed by atoms with E-state index in [1.54, 1.807) is 19.1 Å². The van der Waals surface area contributed by atoms with Gasteiger partial charge in [0.2, 0.25) is 0 Å². The molecule has 1 aromatic heterocycles. The van der Waals surface area contributed by atoms with Gasteiger partial charge in [0.1, 0.15) is 11.9 Å². The molecule has 214 valence electrons. The van der Waals surface area contributed by atoms with Crippen molar-refractivity contribution in [2.75, 3.05) is 44.8 Å². The van der Waals surface area contributed by atoms with E-state index < -0.39 is 42.7 Å². The molecule has 1 aromatic carbocycles. The Morgan fingerprint density at radius 3 is 2.46 bits per heavy atom. The number of anilines is 1. The maximum absolute atomic E-state index is 12.6. The van der Waals surface area contributed by atoms with Crippen molar-refractivity contribution in [1.82, 2.24) is 9.88 Å². The van der Waals surface area contributed by atoms with E-state index in [2.05, 4.69) is 4.98 Å². The number of carbonyl (C=O) groups is 1. The number of hydrogen-bond acceptors (Lipinski definition) is 8. The van der Waals surface area contributed by atoms with Gasteiger partial charge >= 0.3 is 6.18 Å². The Morgan fingerprint density at radius 1 is 1.18 bits per heavy atom. The number of aliphatic hydroxyl groups is 3. The lowest BCUT2D eigenvalue weighted by atomic mass is 9.72. The first kappa shape index (κ1) is 28.9. The second kappa shape index (κ2) is 11.2. The molecule has 12 heteroatoms. The van der Waals surface area contributed by atoms with E-state index in [-0.39, 0.29) is 30.7 Å². The van der Waals surface area contributed by atoms with Crippen LogP contribution in [0.25, 0.3) is 0 Å². The summed E-state index contributed by atoms with van der Waals surface area (Å²) in [7, 11) is 1.52. The van der Waals surface area contributed by atoms with Crippen LogP contribution < -0.4 is 14.4 Å².